The summed E-state index contributed by atoms with van der Waals surface area (Å²) in [5, 5.41) is 3.33. The van der Waals surface area contributed by atoms with Gasteiger partial charge in [-0.1, -0.05) is 24.6 Å². The van der Waals surface area contributed by atoms with Gasteiger partial charge in [-0.3, -0.25) is 0 Å². The van der Waals surface area contributed by atoms with Crippen LogP contribution in [0.3, 0.4) is 0 Å². The van der Waals surface area contributed by atoms with E-state index in [4.69, 9.17) is 0 Å². The summed E-state index contributed by atoms with van der Waals surface area (Å²) in [4.78, 5) is 0.412. The van der Waals surface area contributed by atoms with E-state index in [1.54, 1.807) is 16.4 Å². The number of aryl methyl sites for hydroxylation is 1. The van der Waals surface area contributed by atoms with Crippen molar-refractivity contribution < 1.29 is 8.42 Å². The van der Waals surface area contributed by atoms with Crippen molar-refractivity contribution in [2.75, 3.05) is 26.2 Å². The van der Waals surface area contributed by atoms with Crippen LogP contribution in [0.5, 0.6) is 0 Å². The molecule has 0 saturated carbocycles. The number of hydrogen-bond donors (Lipinski definition) is 1. The summed E-state index contributed by atoms with van der Waals surface area (Å²) >= 11 is 0. The molecule has 0 amide bonds. The predicted molar refractivity (Wildman–Crippen MR) is 85.8 cm³/mol. The Morgan fingerprint density at radius 1 is 1.19 bits per heavy atom. The van der Waals surface area contributed by atoms with Crippen molar-refractivity contribution in [3.8, 4) is 0 Å². The van der Waals surface area contributed by atoms with Crippen molar-refractivity contribution in [3.63, 3.8) is 0 Å². The molecule has 1 aromatic carbocycles. The molecule has 0 atom stereocenters. The Labute approximate surface area is 128 Å². The highest BCUT2D eigenvalue weighted by Crippen LogP contribution is 2.21. The highest BCUT2D eigenvalue weighted by molar-refractivity contribution is 7.89. The standard InChI is InChI=1S/C16H26N2O2S/c1-3-12-18(13-15-8-10-17-11-9-15)21(19,20)16-6-4-14(2)5-7-16/h4-7,15,17H,3,8-13H2,1-2H3. The molecule has 1 aliphatic rings. The highest BCUT2D eigenvalue weighted by atomic mass is 32.2. The lowest BCUT2D eigenvalue weighted by molar-refractivity contribution is 0.288. The van der Waals surface area contributed by atoms with Crippen LogP contribution in [0.15, 0.2) is 29.2 Å². The molecule has 0 aliphatic carbocycles. The summed E-state index contributed by atoms with van der Waals surface area (Å²) in [6.45, 7) is 7.23. The molecule has 1 saturated heterocycles. The number of sulfonamides is 1. The van der Waals surface area contributed by atoms with Crippen LogP contribution in [0.25, 0.3) is 0 Å². The normalized spacial score (nSPS) is 17.3. The van der Waals surface area contributed by atoms with Gasteiger partial charge in [0, 0.05) is 13.1 Å². The molecule has 0 aromatic heterocycles. The number of piperidine rings is 1. The van der Waals surface area contributed by atoms with E-state index in [-0.39, 0.29) is 0 Å². The quantitative estimate of drug-likeness (QED) is 0.878. The topological polar surface area (TPSA) is 49.4 Å². The molecule has 4 nitrogen and oxygen atoms in total. The van der Waals surface area contributed by atoms with E-state index in [1.165, 1.54) is 0 Å². The lowest BCUT2D eigenvalue weighted by atomic mass is 9.98. The second-order valence-corrected chi connectivity index (χ2v) is 7.81. The second kappa shape index (κ2) is 7.38. The molecule has 1 aromatic rings. The summed E-state index contributed by atoms with van der Waals surface area (Å²) in [5.74, 6) is 0.470. The second-order valence-electron chi connectivity index (χ2n) is 5.87. The van der Waals surface area contributed by atoms with Crippen molar-refractivity contribution in [2.24, 2.45) is 5.92 Å². The first kappa shape index (κ1) is 16.5. The Kier molecular flexibility index (Phi) is 5.79. The van der Waals surface area contributed by atoms with Crippen molar-refractivity contribution >= 4 is 10.0 Å². The fourth-order valence-corrected chi connectivity index (χ4v) is 4.38. The van der Waals surface area contributed by atoms with Crippen LogP contribution in [0.1, 0.15) is 31.7 Å². The maximum Gasteiger partial charge on any atom is 0.243 e. The molecule has 0 radical (unpaired) electrons. The van der Waals surface area contributed by atoms with Gasteiger partial charge in [0.2, 0.25) is 10.0 Å². The predicted octanol–water partition coefficient (Wildman–Crippen LogP) is 2.40. The smallest absolute Gasteiger partial charge is 0.243 e. The average Bonchev–Trinajstić information content (AvgIpc) is 2.48. The summed E-state index contributed by atoms with van der Waals surface area (Å²) in [5.41, 5.74) is 1.08. The highest BCUT2D eigenvalue weighted by Gasteiger charge is 2.27. The van der Waals surface area contributed by atoms with Gasteiger partial charge in [0.15, 0.2) is 0 Å². The summed E-state index contributed by atoms with van der Waals surface area (Å²) in [6.07, 6.45) is 2.96. The van der Waals surface area contributed by atoms with E-state index in [0.29, 0.717) is 23.9 Å². The Morgan fingerprint density at radius 3 is 2.38 bits per heavy atom. The molecule has 5 heteroatoms. The number of rotatable bonds is 6. The van der Waals surface area contributed by atoms with Gasteiger partial charge in [0.05, 0.1) is 4.90 Å². The minimum Gasteiger partial charge on any atom is -0.317 e. The van der Waals surface area contributed by atoms with Crippen LogP contribution in [-0.2, 0) is 10.0 Å². The van der Waals surface area contributed by atoms with Crippen LogP contribution in [0, 0.1) is 12.8 Å². The maximum absolute atomic E-state index is 12.8. The monoisotopic (exact) mass is 310 g/mol. The maximum atomic E-state index is 12.8. The fraction of sp³-hybridized carbons (Fsp3) is 0.625. The molecule has 0 bridgehead atoms. The van der Waals surface area contributed by atoms with Gasteiger partial charge in [-0.2, -0.15) is 4.31 Å². The largest absolute Gasteiger partial charge is 0.317 e. The van der Waals surface area contributed by atoms with Crippen molar-refractivity contribution in [2.45, 2.75) is 38.0 Å². The molecule has 21 heavy (non-hydrogen) atoms. The molecule has 1 aliphatic heterocycles. The lowest BCUT2D eigenvalue weighted by Gasteiger charge is -2.29. The van der Waals surface area contributed by atoms with Gasteiger partial charge >= 0.3 is 0 Å². The Hall–Kier alpha value is -0.910. The zero-order valence-electron chi connectivity index (χ0n) is 13.0. The Balaban J connectivity index is 2.16. The molecule has 0 spiro atoms. The van der Waals surface area contributed by atoms with Crippen LogP contribution in [-0.4, -0.2) is 38.9 Å². The third kappa shape index (κ3) is 4.28. The fourth-order valence-electron chi connectivity index (χ4n) is 2.77. The molecular weight excluding hydrogens is 284 g/mol. The zero-order chi connectivity index (χ0) is 15.3. The number of hydrogen-bond acceptors (Lipinski definition) is 3. The SMILES string of the molecule is CCCN(CC1CCNCC1)S(=O)(=O)c1ccc(C)cc1. The van der Waals surface area contributed by atoms with E-state index >= 15 is 0 Å². The third-order valence-electron chi connectivity index (χ3n) is 4.05. The molecule has 0 unspecified atom stereocenters. The molecule has 1 fully saturated rings. The van der Waals surface area contributed by atoms with Crippen molar-refractivity contribution in [3.05, 3.63) is 29.8 Å². The molecule has 2 rings (SSSR count). The average molecular weight is 310 g/mol. The van der Waals surface area contributed by atoms with Gasteiger partial charge in [-0.15, -0.1) is 0 Å². The first-order chi connectivity index (χ1) is 10.0. The first-order valence-corrected chi connectivity index (χ1v) is 9.25. The lowest BCUT2D eigenvalue weighted by Crippen LogP contribution is -2.39. The number of benzene rings is 1. The summed E-state index contributed by atoms with van der Waals surface area (Å²) < 4.78 is 27.3. The van der Waals surface area contributed by atoms with Gasteiger partial charge in [-0.05, 0) is 57.3 Å². The van der Waals surface area contributed by atoms with Gasteiger partial charge in [0.1, 0.15) is 0 Å². The summed E-state index contributed by atoms with van der Waals surface area (Å²) in [7, 11) is -3.37. The van der Waals surface area contributed by atoms with Gasteiger partial charge < -0.3 is 5.32 Å². The number of nitrogens with one attached hydrogen (secondary N) is 1. The van der Waals surface area contributed by atoms with Crippen molar-refractivity contribution in [1.82, 2.24) is 9.62 Å². The first-order valence-electron chi connectivity index (χ1n) is 7.81. The van der Waals surface area contributed by atoms with Gasteiger partial charge in [-0.25, -0.2) is 8.42 Å². The van der Waals surface area contributed by atoms with E-state index in [1.807, 2.05) is 26.0 Å². The van der Waals surface area contributed by atoms with Crippen LogP contribution < -0.4 is 5.32 Å². The minimum absolute atomic E-state index is 0.412. The van der Waals surface area contributed by atoms with E-state index in [9.17, 15) is 8.42 Å². The van der Waals surface area contributed by atoms with Crippen LogP contribution in [0.4, 0.5) is 0 Å². The minimum atomic E-state index is -3.37. The van der Waals surface area contributed by atoms with Crippen LogP contribution >= 0.6 is 0 Å². The Bertz CT molecular complexity index is 534. The van der Waals surface area contributed by atoms with E-state index in [0.717, 1.165) is 37.9 Å². The van der Waals surface area contributed by atoms with Gasteiger partial charge in [0.25, 0.3) is 0 Å². The van der Waals surface area contributed by atoms with Crippen molar-refractivity contribution in [1.29, 1.82) is 0 Å². The number of nitrogens with zero attached hydrogens (tertiary/aromatic N) is 1. The molecular formula is C16H26N2O2S. The molecule has 1 N–H and O–H groups in total. The van der Waals surface area contributed by atoms with E-state index in [2.05, 4.69) is 5.32 Å². The van der Waals surface area contributed by atoms with E-state index < -0.39 is 10.0 Å². The zero-order valence-corrected chi connectivity index (χ0v) is 13.8. The summed E-state index contributed by atoms with van der Waals surface area (Å²) in [6, 6.07) is 7.16. The molecule has 118 valence electrons. The Morgan fingerprint density at radius 2 is 1.81 bits per heavy atom. The molecule has 1 heterocycles. The third-order valence-corrected chi connectivity index (χ3v) is 5.93. The van der Waals surface area contributed by atoms with Crippen LogP contribution in [0.2, 0.25) is 0 Å².